The minimum Gasteiger partial charge on any atom is -0.496 e. The van der Waals surface area contributed by atoms with Gasteiger partial charge in [0.2, 0.25) is 0 Å². The zero-order valence-corrected chi connectivity index (χ0v) is 10.0. The van der Waals surface area contributed by atoms with Crippen molar-refractivity contribution in [3.63, 3.8) is 0 Å². The second-order valence-electron chi connectivity index (χ2n) is 3.86. The van der Waals surface area contributed by atoms with Gasteiger partial charge in [0.1, 0.15) is 17.6 Å². The van der Waals surface area contributed by atoms with E-state index in [2.05, 4.69) is 16.0 Å². The van der Waals surface area contributed by atoms with Crippen molar-refractivity contribution in [1.82, 2.24) is 9.97 Å². The maximum Gasteiger partial charge on any atom is 0.161 e. The minimum atomic E-state index is 0.438. The minimum absolute atomic E-state index is 0.438. The lowest BCUT2D eigenvalue weighted by molar-refractivity contribution is 0.412. The molecule has 1 heterocycles. The third kappa shape index (κ3) is 2.00. The van der Waals surface area contributed by atoms with Crippen molar-refractivity contribution in [3.05, 3.63) is 35.2 Å². The van der Waals surface area contributed by atoms with Gasteiger partial charge in [0, 0.05) is 5.56 Å². The zero-order chi connectivity index (χ0) is 12.4. The number of imidazole rings is 1. The van der Waals surface area contributed by atoms with Crippen molar-refractivity contribution in [3.8, 4) is 23.2 Å². The molecule has 86 valence electrons. The maximum absolute atomic E-state index is 8.86. The number of H-pyrrole nitrogens is 1. The first-order valence-corrected chi connectivity index (χ1v) is 5.27. The van der Waals surface area contributed by atoms with Gasteiger partial charge < -0.3 is 9.72 Å². The highest BCUT2D eigenvalue weighted by molar-refractivity contribution is 5.60. The van der Waals surface area contributed by atoms with Crippen molar-refractivity contribution in [2.45, 2.75) is 13.8 Å². The highest BCUT2D eigenvalue weighted by atomic mass is 16.5. The van der Waals surface area contributed by atoms with Crippen LogP contribution in [0.1, 0.15) is 17.0 Å². The second kappa shape index (κ2) is 4.30. The summed E-state index contributed by atoms with van der Waals surface area (Å²) in [5.74, 6) is 1.56. The van der Waals surface area contributed by atoms with E-state index in [9.17, 15) is 0 Å². The fourth-order valence-electron chi connectivity index (χ4n) is 1.73. The van der Waals surface area contributed by atoms with Gasteiger partial charge in [-0.15, -0.1) is 0 Å². The number of nitrogens with one attached hydrogen (secondary N) is 1. The average Bonchev–Trinajstić information content (AvgIpc) is 2.70. The zero-order valence-electron chi connectivity index (χ0n) is 10.0. The van der Waals surface area contributed by atoms with E-state index in [4.69, 9.17) is 10.00 Å². The number of aryl methyl sites for hydroxylation is 2. The lowest BCUT2D eigenvalue weighted by atomic mass is 10.1. The highest BCUT2D eigenvalue weighted by Gasteiger charge is 2.09. The van der Waals surface area contributed by atoms with Crippen LogP contribution in [0.15, 0.2) is 18.2 Å². The molecule has 0 radical (unpaired) electrons. The topological polar surface area (TPSA) is 61.7 Å². The van der Waals surface area contributed by atoms with Crippen LogP contribution in [0.5, 0.6) is 5.75 Å². The van der Waals surface area contributed by atoms with Gasteiger partial charge in [-0.3, -0.25) is 0 Å². The van der Waals surface area contributed by atoms with Crippen LogP contribution < -0.4 is 4.74 Å². The van der Waals surface area contributed by atoms with Crippen LogP contribution in [-0.4, -0.2) is 17.1 Å². The van der Waals surface area contributed by atoms with Crippen LogP contribution >= 0.6 is 0 Å². The first kappa shape index (κ1) is 11.2. The van der Waals surface area contributed by atoms with E-state index < -0.39 is 0 Å². The number of ether oxygens (including phenoxy) is 1. The molecule has 1 N–H and O–H groups in total. The van der Waals surface area contributed by atoms with Crippen LogP contribution in [0.25, 0.3) is 11.4 Å². The molecule has 0 spiro atoms. The van der Waals surface area contributed by atoms with Gasteiger partial charge in [-0.05, 0) is 37.6 Å². The molecule has 17 heavy (non-hydrogen) atoms. The SMILES string of the molecule is COc1ccc(-c2nc(C#N)c(C)[nH]2)cc1C. The Labute approximate surface area is 99.9 Å². The molecule has 0 fully saturated rings. The van der Waals surface area contributed by atoms with Gasteiger partial charge >= 0.3 is 0 Å². The Hall–Kier alpha value is -2.28. The molecule has 2 aromatic rings. The van der Waals surface area contributed by atoms with E-state index in [-0.39, 0.29) is 0 Å². The molecule has 0 unspecified atom stereocenters. The quantitative estimate of drug-likeness (QED) is 0.857. The van der Waals surface area contributed by atoms with E-state index >= 15 is 0 Å². The Morgan fingerprint density at radius 3 is 2.65 bits per heavy atom. The van der Waals surface area contributed by atoms with Crippen molar-refractivity contribution in [2.24, 2.45) is 0 Å². The van der Waals surface area contributed by atoms with E-state index in [1.165, 1.54) is 0 Å². The van der Waals surface area contributed by atoms with E-state index in [0.717, 1.165) is 22.6 Å². The van der Waals surface area contributed by atoms with Gasteiger partial charge in [-0.1, -0.05) is 0 Å². The first-order valence-electron chi connectivity index (χ1n) is 5.27. The summed E-state index contributed by atoms with van der Waals surface area (Å²) in [6, 6.07) is 7.86. The number of rotatable bonds is 2. The molecule has 2 rings (SSSR count). The lowest BCUT2D eigenvalue weighted by Crippen LogP contribution is -1.88. The van der Waals surface area contributed by atoms with Crippen LogP contribution in [-0.2, 0) is 0 Å². The Morgan fingerprint density at radius 1 is 1.35 bits per heavy atom. The summed E-state index contributed by atoms with van der Waals surface area (Å²) in [5, 5.41) is 8.86. The number of nitriles is 1. The van der Waals surface area contributed by atoms with Gasteiger partial charge in [0.25, 0.3) is 0 Å². The Kier molecular flexibility index (Phi) is 2.84. The van der Waals surface area contributed by atoms with E-state index in [1.807, 2.05) is 32.0 Å². The first-order chi connectivity index (χ1) is 8.15. The summed E-state index contributed by atoms with van der Waals surface area (Å²) in [6.45, 7) is 3.81. The van der Waals surface area contributed by atoms with Crippen LogP contribution in [0.4, 0.5) is 0 Å². The maximum atomic E-state index is 8.86. The predicted molar refractivity (Wildman–Crippen MR) is 64.8 cm³/mol. The molecule has 4 heteroatoms. The molecule has 0 aliphatic heterocycles. The second-order valence-corrected chi connectivity index (χ2v) is 3.86. The molecule has 0 aliphatic rings. The molecule has 0 amide bonds. The number of hydrogen-bond donors (Lipinski definition) is 1. The van der Waals surface area contributed by atoms with E-state index in [1.54, 1.807) is 7.11 Å². The molecule has 0 saturated heterocycles. The smallest absolute Gasteiger partial charge is 0.161 e. The average molecular weight is 227 g/mol. The summed E-state index contributed by atoms with van der Waals surface area (Å²) >= 11 is 0. The number of methoxy groups -OCH3 is 1. The molecule has 1 aromatic heterocycles. The van der Waals surface area contributed by atoms with Crippen LogP contribution in [0.3, 0.4) is 0 Å². The summed E-state index contributed by atoms with van der Waals surface area (Å²) in [5.41, 5.74) is 3.22. The summed E-state index contributed by atoms with van der Waals surface area (Å²) in [7, 11) is 1.65. The highest BCUT2D eigenvalue weighted by Crippen LogP contribution is 2.24. The lowest BCUT2D eigenvalue weighted by Gasteiger charge is -2.05. The molecular weight excluding hydrogens is 214 g/mol. The predicted octanol–water partition coefficient (Wildman–Crippen LogP) is 2.57. The summed E-state index contributed by atoms with van der Waals surface area (Å²) in [6.07, 6.45) is 0. The normalized spacial score (nSPS) is 10.0. The fourth-order valence-corrected chi connectivity index (χ4v) is 1.73. The van der Waals surface area contributed by atoms with E-state index in [0.29, 0.717) is 11.5 Å². The van der Waals surface area contributed by atoms with Crippen molar-refractivity contribution in [2.75, 3.05) is 7.11 Å². The Balaban J connectivity index is 2.47. The number of benzene rings is 1. The Morgan fingerprint density at radius 2 is 2.12 bits per heavy atom. The Bertz CT molecular complexity index is 593. The summed E-state index contributed by atoms with van der Waals surface area (Å²) < 4.78 is 5.20. The molecule has 0 aliphatic carbocycles. The molecule has 1 aromatic carbocycles. The third-order valence-corrected chi connectivity index (χ3v) is 2.66. The van der Waals surface area contributed by atoms with Gasteiger partial charge in [0.15, 0.2) is 5.69 Å². The van der Waals surface area contributed by atoms with Gasteiger partial charge in [-0.2, -0.15) is 5.26 Å². The summed E-state index contributed by atoms with van der Waals surface area (Å²) in [4.78, 5) is 7.34. The molecule has 0 bridgehead atoms. The van der Waals surface area contributed by atoms with Crippen molar-refractivity contribution >= 4 is 0 Å². The van der Waals surface area contributed by atoms with Gasteiger partial charge in [0.05, 0.1) is 12.8 Å². The largest absolute Gasteiger partial charge is 0.496 e. The van der Waals surface area contributed by atoms with Crippen LogP contribution in [0.2, 0.25) is 0 Å². The molecule has 0 saturated carbocycles. The van der Waals surface area contributed by atoms with Crippen molar-refractivity contribution in [1.29, 1.82) is 5.26 Å². The monoisotopic (exact) mass is 227 g/mol. The van der Waals surface area contributed by atoms with Crippen molar-refractivity contribution < 1.29 is 4.74 Å². The molecular formula is C13H13N3O. The molecule has 4 nitrogen and oxygen atoms in total. The third-order valence-electron chi connectivity index (χ3n) is 2.66. The fraction of sp³-hybridized carbons (Fsp3) is 0.231. The number of hydrogen-bond acceptors (Lipinski definition) is 3. The number of aromatic nitrogens is 2. The van der Waals surface area contributed by atoms with Crippen LogP contribution in [0, 0.1) is 25.2 Å². The molecule has 0 atom stereocenters. The van der Waals surface area contributed by atoms with Gasteiger partial charge in [-0.25, -0.2) is 4.98 Å². The number of aromatic amines is 1. The number of nitrogens with zero attached hydrogens (tertiary/aromatic N) is 2. The standard InChI is InChI=1S/C13H13N3O/c1-8-6-10(4-5-12(8)17-3)13-15-9(2)11(7-14)16-13/h4-6H,1-3H3,(H,15,16).